The zero-order chi connectivity index (χ0) is 21.1. The maximum absolute atomic E-state index is 13.0. The summed E-state index contributed by atoms with van der Waals surface area (Å²) in [5.74, 6) is 2.08. The molecular formula is C23H26N2O5. The number of amides is 2. The van der Waals surface area contributed by atoms with E-state index in [1.165, 1.54) is 0 Å². The van der Waals surface area contributed by atoms with E-state index in [1.807, 2.05) is 35.2 Å². The second-order valence-electron chi connectivity index (χ2n) is 7.51. The molecule has 2 aliphatic heterocycles. The van der Waals surface area contributed by atoms with Gasteiger partial charge in [0.1, 0.15) is 17.2 Å². The number of rotatable bonds is 6. The number of fused-ring (bicyclic) bond motifs is 1. The number of hydrogen-bond donors (Lipinski definition) is 1. The van der Waals surface area contributed by atoms with Gasteiger partial charge >= 0.3 is 0 Å². The van der Waals surface area contributed by atoms with Gasteiger partial charge < -0.3 is 24.4 Å². The van der Waals surface area contributed by atoms with Crippen LogP contribution in [0.25, 0.3) is 0 Å². The van der Waals surface area contributed by atoms with Crippen molar-refractivity contribution in [2.45, 2.75) is 31.7 Å². The van der Waals surface area contributed by atoms with Crippen LogP contribution in [-0.2, 0) is 16.0 Å². The molecular weight excluding hydrogens is 384 g/mol. The third-order valence-corrected chi connectivity index (χ3v) is 5.70. The average molecular weight is 410 g/mol. The van der Waals surface area contributed by atoms with E-state index in [9.17, 15) is 9.59 Å². The number of ether oxygens (including phenoxy) is 3. The van der Waals surface area contributed by atoms with Crippen LogP contribution in [0, 0.1) is 0 Å². The van der Waals surface area contributed by atoms with Gasteiger partial charge in [-0.25, -0.2) is 0 Å². The van der Waals surface area contributed by atoms with E-state index < -0.39 is 0 Å². The van der Waals surface area contributed by atoms with Crippen LogP contribution in [0.3, 0.4) is 0 Å². The Bertz CT molecular complexity index is 959. The van der Waals surface area contributed by atoms with Crippen LogP contribution in [-0.4, -0.2) is 44.1 Å². The summed E-state index contributed by atoms with van der Waals surface area (Å²) in [5.41, 5.74) is 2.79. The van der Waals surface area contributed by atoms with Gasteiger partial charge in [0.2, 0.25) is 5.91 Å². The van der Waals surface area contributed by atoms with Crippen LogP contribution in [0.2, 0.25) is 0 Å². The van der Waals surface area contributed by atoms with Gasteiger partial charge in [0.15, 0.2) is 6.61 Å². The van der Waals surface area contributed by atoms with Crippen LogP contribution in [0.5, 0.6) is 17.2 Å². The number of anilines is 1. The van der Waals surface area contributed by atoms with E-state index >= 15 is 0 Å². The second-order valence-corrected chi connectivity index (χ2v) is 7.51. The molecule has 1 atom stereocenters. The summed E-state index contributed by atoms with van der Waals surface area (Å²) in [4.78, 5) is 26.3. The fourth-order valence-electron chi connectivity index (χ4n) is 4.17. The van der Waals surface area contributed by atoms with Crippen molar-refractivity contribution >= 4 is 17.5 Å². The Labute approximate surface area is 175 Å². The number of carbonyl (C=O) groups is 2. The number of methoxy groups -OCH3 is 2. The quantitative estimate of drug-likeness (QED) is 0.791. The van der Waals surface area contributed by atoms with Gasteiger partial charge in [-0.1, -0.05) is 0 Å². The SMILES string of the molecule is COc1ccc(OC)c(C2CCCN2C(=O)COc2ccc3c(c2)CCC(=O)N3)c1. The lowest BCUT2D eigenvalue weighted by Crippen LogP contribution is -2.34. The van der Waals surface area contributed by atoms with Gasteiger partial charge in [-0.3, -0.25) is 9.59 Å². The molecule has 158 valence electrons. The predicted octanol–water partition coefficient (Wildman–Crippen LogP) is 3.33. The third kappa shape index (κ3) is 4.06. The van der Waals surface area contributed by atoms with Crippen molar-refractivity contribution in [2.24, 2.45) is 0 Å². The van der Waals surface area contributed by atoms with E-state index in [-0.39, 0.29) is 24.5 Å². The zero-order valence-corrected chi connectivity index (χ0v) is 17.3. The number of aryl methyl sites for hydroxylation is 1. The van der Waals surface area contributed by atoms with Crippen molar-refractivity contribution in [3.63, 3.8) is 0 Å². The van der Waals surface area contributed by atoms with E-state index in [0.29, 0.717) is 25.1 Å². The van der Waals surface area contributed by atoms with E-state index in [2.05, 4.69) is 5.32 Å². The maximum atomic E-state index is 13.0. The van der Waals surface area contributed by atoms with E-state index in [4.69, 9.17) is 14.2 Å². The Morgan fingerprint density at radius 2 is 1.93 bits per heavy atom. The molecule has 0 spiro atoms. The Morgan fingerprint density at radius 1 is 1.10 bits per heavy atom. The molecule has 2 amide bonds. The van der Waals surface area contributed by atoms with Gasteiger partial charge in [-0.15, -0.1) is 0 Å². The van der Waals surface area contributed by atoms with Gasteiger partial charge in [0.05, 0.1) is 20.3 Å². The predicted molar refractivity (Wildman–Crippen MR) is 112 cm³/mol. The van der Waals surface area contributed by atoms with Crippen LogP contribution in [0.4, 0.5) is 5.69 Å². The number of benzene rings is 2. The van der Waals surface area contributed by atoms with Crippen LogP contribution in [0.1, 0.15) is 36.4 Å². The van der Waals surface area contributed by atoms with Crippen LogP contribution >= 0.6 is 0 Å². The summed E-state index contributed by atoms with van der Waals surface area (Å²) in [5, 5.41) is 2.85. The first-order chi connectivity index (χ1) is 14.6. The fraction of sp³-hybridized carbons (Fsp3) is 0.391. The summed E-state index contributed by atoms with van der Waals surface area (Å²) in [6, 6.07) is 11.1. The normalized spacial score (nSPS) is 17.9. The molecule has 1 N–H and O–H groups in total. The molecule has 1 fully saturated rings. The first-order valence-electron chi connectivity index (χ1n) is 10.2. The average Bonchev–Trinajstić information content (AvgIpc) is 3.26. The molecule has 0 radical (unpaired) electrons. The minimum atomic E-state index is -0.0649. The topological polar surface area (TPSA) is 77.1 Å². The monoisotopic (exact) mass is 410 g/mol. The molecule has 30 heavy (non-hydrogen) atoms. The lowest BCUT2D eigenvalue weighted by Gasteiger charge is -2.27. The zero-order valence-electron chi connectivity index (χ0n) is 17.3. The Kier molecular flexibility index (Phi) is 5.79. The Balaban J connectivity index is 1.45. The summed E-state index contributed by atoms with van der Waals surface area (Å²) in [6.45, 7) is 0.650. The molecule has 2 heterocycles. The van der Waals surface area contributed by atoms with Crippen molar-refractivity contribution in [1.29, 1.82) is 0 Å². The minimum Gasteiger partial charge on any atom is -0.497 e. The molecule has 1 saturated heterocycles. The van der Waals surface area contributed by atoms with Gasteiger partial charge in [0.25, 0.3) is 5.91 Å². The standard InChI is InChI=1S/C23H26N2O5/c1-28-16-7-9-21(29-2)18(13-16)20-4-3-11-25(20)23(27)14-30-17-6-8-19-15(12-17)5-10-22(26)24-19/h6-9,12-13,20H,3-5,10-11,14H2,1-2H3,(H,24,26). The minimum absolute atomic E-state index is 0.0272. The van der Waals surface area contributed by atoms with Gasteiger partial charge in [-0.05, 0) is 61.2 Å². The summed E-state index contributed by atoms with van der Waals surface area (Å²) in [7, 11) is 3.26. The number of nitrogens with zero attached hydrogens (tertiary/aromatic N) is 1. The molecule has 1 unspecified atom stereocenters. The van der Waals surface area contributed by atoms with E-state index in [1.54, 1.807) is 20.3 Å². The molecule has 0 aliphatic carbocycles. The highest BCUT2D eigenvalue weighted by Crippen LogP contribution is 2.39. The first-order valence-corrected chi connectivity index (χ1v) is 10.2. The molecule has 0 saturated carbocycles. The molecule has 2 aliphatic rings. The molecule has 0 aromatic heterocycles. The van der Waals surface area contributed by atoms with E-state index in [0.717, 1.165) is 41.2 Å². The molecule has 0 bridgehead atoms. The molecule has 2 aromatic carbocycles. The van der Waals surface area contributed by atoms with Crippen molar-refractivity contribution in [3.8, 4) is 17.2 Å². The number of carbonyl (C=O) groups excluding carboxylic acids is 2. The Morgan fingerprint density at radius 3 is 2.73 bits per heavy atom. The molecule has 2 aromatic rings. The Hall–Kier alpha value is -3.22. The number of nitrogens with one attached hydrogen (secondary N) is 1. The van der Waals surface area contributed by atoms with Gasteiger partial charge in [-0.2, -0.15) is 0 Å². The van der Waals surface area contributed by atoms with Gasteiger partial charge in [0, 0.05) is 24.2 Å². The highest BCUT2D eigenvalue weighted by Gasteiger charge is 2.32. The second kappa shape index (κ2) is 8.65. The third-order valence-electron chi connectivity index (χ3n) is 5.70. The summed E-state index contributed by atoms with van der Waals surface area (Å²) in [6.07, 6.45) is 2.94. The largest absolute Gasteiger partial charge is 0.497 e. The lowest BCUT2D eigenvalue weighted by atomic mass is 10.0. The summed E-state index contributed by atoms with van der Waals surface area (Å²) < 4.78 is 16.7. The highest BCUT2D eigenvalue weighted by atomic mass is 16.5. The maximum Gasteiger partial charge on any atom is 0.261 e. The molecule has 7 heteroatoms. The van der Waals surface area contributed by atoms with Crippen LogP contribution < -0.4 is 19.5 Å². The molecule has 4 rings (SSSR count). The smallest absolute Gasteiger partial charge is 0.261 e. The number of hydrogen-bond acceptors (Lipinski definition) is 5. The molecule has 7 nitrogen and oxygen atoms in total. The lowest BCUT2D eigenvalue weighted by molar-refractivity contribution is -0.134. The van der Waals surface area contributed by atoms with Crippen molar-refractivity contribution < 1.29 is 23.8 Å². The first kappa shape index (κ1) is 20.1. The van der Waals surface area contributed by atoms with Crippen molar-refractivity contribution in [2.75, 3.05) is 32.7 Å². The van der Waals surface area contributed by atoms with Crippen molar-refractivity contribution in [3.05, 3.63) is 47.5 Å². The fourth-order valence-corrected chi connectivity index (χ4v) is 4.17. The highest BCUT2D eigenvalue weighted by molar-refractivity contribution is 5.94. The number of likely N-dealkylation sites (tertiary alicyclic amines) is 1. The van der Waals surface area contributed by atoms with Crippen molar-refractivity contribution in [1.82, 2.24) is 4.90 Å². The summed E-state index contributed by atoms with van der Waals surface area (Å²) >= 11 is 0. The van der Waals surface area contributed by atoms with Crippen LogP contribution in [0.15, 0.2) is 36.4 Å².